The molecule has 0 fully saturated rings. The summed E-state index contributed by atoms with van der Waals surface area (Å²) in [5, 5.41) is 21.7. The van der Waals surface area contributed by atoms with Crippen molar-refractivity contribution in [3.8, 4) is 16.9 Å². The molecule has 3 aromatic carbocycles. The fraction of sp³-hybridized carbons (Fsp3) is 0.100. The molecule has 0 heterocycles. The second-order valence-electron chi connectivity index (χ2n) is 5.76. The van der Waals surface area contributed by atoms with E-state index >= 15 is 0 Å². The SMILES string of the molecule is Oc1ccccc1C1(O)Cc2ccccc2-c2ccccc21. The topological polar surface area (TPSA) is 40.5 Å². The van der Waals surface area contributed by atoms with Crippen LogP contribution in [-0.2, 0) is 12.0 Å². The minimum atomic E-state index is -1.21. The Balaban J connectivity index is 2.02. The van der Waals surface area contributed by atoms with Gasteiger partial charge in [0.2, 0.25) is 0 Å². The third kappa shape index (κ3) is 1.78. The number of aromatic hydroxyl groups is 1. The highest BCUT2D eigenvalue weighted by Gasteiger charge is 2.39. The lowest BCUT2D eigenvalue weighted by Gasteiger charge is -2.36. The molecule has 0 aromatic heterocycles. The molecule has 2 N–H and O–H groups in total. The summed E-state index contributed by atoms with van der Waals surface area (Å²) >= 11 is 0. The van der Waals surface area contributed by atoms with E-state index < -0.39 is 5.60 Å². The molecule has 1 atom stereocenters. The van der Waals surface area contributed by atoms with Crippen molar-refractivity contribution >= 4 is 0 Å². The second-order valence-corrected chi connectivity index (χ2v) is 5.76. The van der Waals surface area contributed by atoms with Gasteiger partial charge in [-0.1, -0.05) is 66.7 Å². The van der Waals surface area contributed by atoms with Crippen LogP contribution in [0.4, 0.5) is 0 Å². The van der Waals surface area contributed by atoms with E-state index in [2.05, 4.69) is 6.07 Å². The molecule has 3 aromatic rings. The molecular formula is C20H16O2. The third-order valence-electron chi connectivity index (χ3n) is 4.48. The number of benzene rings is 3. The van der Waals surface area contributed by atoms with Gasteiger partial charge in [-0.2, -0.15) is 0 Å². The quantitative estimate of drug-likeness (QED) is 0.714. The first-order valence-corrected chi connectivity index (χ1v) is 7.39. The highest BCUT2D eigenvalue weighted by atomic mass is 16.3. The predicted octanol–water partition coefficient (Wildman–Crippen LogP) is 3.85. The molecule has 0 amide bonds. The lowest BCUT2D eigenvalue weighted by molar-refractivity contribution is 0.0773. The highest BCUT2D eigenvalue weighted by molar-refractivity contribution is 5.76. The highest BCUT2D eigenvalue weighted by Crippen LogP contribution is 2.47. The van der Waals surface area contributed by atoms with Crippen molar-refractivity contribution in [2.45, 2.75) is 12.0 Å². The van der Waals surface area contributed by atoms with Crippen LogP contribution in [0.15, 0.2) is 72.8 Å². The third-order valence-corrected chi connectivity index (χ3v) is 4.48. The van der Waals surface area contributed by atoms with Crippen molar-refractivity contribution < 1.29 is 10.2 Å². The number of phenols is 1. The molecular weight excluding hydrogens is 272 g/mol. The van der Waals surface area contributed by atoms with E-state index in [-0.39, 0.29) is 5.75 Å². The molecule has 2 heteroatoms. The zero-order chi connectivity index (χ0) is 15.2. The average molecular weight is 288 g/mol. The van der Waals surface area contributed by atoms with Gasteiger partial charge in [-0.3, -0.25) is 0 Å². The minimum absolute atomic E-state index is 0.124. The Kier molecular flexibility index (Phi) is 2.81. The number of phenolic OH excluding ortho intramolecular Hbond substituents is 1. The lowest BCUT2D eigenvalue weighted by atomic mass is 9.72. The summed E-state index contributed by atoms with van der Waals surface area (Å²) in [6.45, 7) is 0. The maximum absolute atomic E-state index is 11.5. The molecule has 2 nitrogen and oxygen atoms in total. The molecule has 0 saturated heterocycles. The van der Waals surface area contributed by atoms with E-state index in [4.69, 9.17) is 0 Å². The van der Waals surface area contributed by atoms with Crippen LogP contribution in [0.3, 0.4) is 0 Å². The number of aliphatic hydroxyl groups is 1. The number of fused-ring (bicyclic) bond motifs is 3. The smallest absolute Gasteiger partial charge is 0.123 e. The van der Waals surface area contributed by atoms with Gasteiger partial charge in [0.25, 0.3) is 0 Å². The van der Waals surface area contributed by atoms with Gasteiger partial charge in [-0.25, -0.2) is 0 Å². The van der Waals surface area contributed by atoms with Gasteiger partial charge in [-0.15, -0.1) is 0 Å². The van der Waals surface area contributed by atoms with Crippen molar-refractivity contribution in [1.29, 1.82) is 0 Å². The van der Waals surface area contributed by atoms with Gasteiger partial charge in [0.05, 0.1) is 0 Å². The molecule has 0 aliphatic heterocycles. The molecule has 4 rings (SSSR count). The van der Waals surface area contributed by atoms with Crippen LogP contribution in [0.2, 0.25) is 0 Å². The standard InChI is InChI=1S/C20H16O2/c21-19-12-6-5-11-18(19)20(22)13-14-7-1-2-8-15(14)16-9-3-4-10-17(16)20/h1-12,21-22H,13H2. The van der Waals surface area contributed by atoms with Gasteiger partial charge in [0.15, 0.2) is 0 Å². The zero-order valence-corrected chi connectivity index (χ0v) is 12.0. The second kappa shape index (κ2) is 4.72. The Morgan fingerprint density at radius 3 is 2.05 bits per heavy atom. The van der Waals surface area contributed by atoms with E-state index in [1.807, 2.05) is 48.5 Å². The molecule has 0 saturated carbocycles. The Morgan fingerprint density at radius 1 is 0.682 bits per heavy atom. The van der Waals surface area contributed by atoms with Crippen LogP contribution in [-0.4, -0.2) is 10.2 Å². The Bertz CT molecular complexity index is 854. The minimum Gasteiger partial charge on any atom is -0.508 e. The summed E-state index contributed by atoms with van der Waals surface area (Å²) in [6.07, 6.45) is 0.456. The van der Waals surface area contributed by atoms with Gasteiger partial charge >= 0.3 is 0 Å². The average Bonchev–Trinajstić information content (AvgIpc) is 2.55. The van der Waals surface area contributed by atoms with Crippen LogP contribution in [0, 0.1) is 0 Å². The Labute approximate surface area is 129 Å². The van der Waals surface area contributed by atoms with Crippen molar-refractivity contribution in [2.75, 3.05) is 0 Å². The van der Waals surface area contributed by atoms with E-state index in [9.17, 15) is 10.2 Å². The molecule has 1 aliphatic carbocycles. The van der Waals surface area contributed by atoms with Crippen molar-refractivity contribution in [3.05, 3.63) is 89.5 Å². The molecule has 1 unspecified atom stereocenters. The number of hydrogen-bond acceptors (Lipinski definition) is 2. The first kappa shape index (κ1) is 13.1. The van der Waals surface area contributed by atoms with E-state index in [0.717, 1.165) is 22.3 Å². The van der Waals surface area contributed by atoms with Crippen LogP contribution >= 0.6 is 0 Å². The van der Waals surface area contributed by atoms with Gasteiger partial charge in [0.1, 0.15) is 11.4 Å². The molecule has 0 spiro atoms. The maximum Gasteiger partial charge on any atom is 0.123 e. The largest absolute Gasteiger partial charge is 0.508 e. The summed E-state index contributed by atoms with van der Waals surface area (Å²) in [5.41, 5.74) is 3.45. The Morgan fingerprint density at radius 2 is 1.27 bits per heavy atom. The lowest BCUT2D eigenvalue weighted by Crippen LogP contribution is -2.33. The van der Waals surface area contributed by atoms with E-state index in [0.29, 0.717) is 12.0 Å². The van der Waals surface area contributed by atoms with E-state index in [1.165, 1.54) is 0 Å². The summed E-state index contributed by atoms with van der Waals surface area (Å²) < 4.78 is 0. The summed E-state index contributed by atoms with van der Waals surface area (Å²) in [4.78, 5) is 0. The fourth-order valence-corrected chi connectivity index (χ4v) is 3.45. The maximum atomic E-state index is 11.5. The summed E-state index contributed by atoms with van der Waals surface area (Å²) in [7, 11) is 0. The molecule has 0 bridgehead atoms. The molecule has 1 aliphatic rings. The van der Waals surface area contributed by atoms with Crippen LogP contribution in [0.1, 0.15) is 16.7 Å². The summed E-state index contributed by atoms with van der Waals surface area (Å²) in [5.74, 6) is 0.124. The van der Waals surface area contributed by atoms with Crippen LogP contribution in [0.25, 0.3) is 11.1 Å². The number of para-hydroxylation sites is 1. The number of hydrogen-bond donors (Lipinski definition) is 2. The first-order valence-electron chi connectivity index (χ1n) is 7.39. The van der Waals surface area contributed by atoms with Crippen LogP contribution in [0.5, 0.6) is 5.75 Å². The normalized spacial score (nSPS) is 19.3. The molecule has 22 heavy (non-hydrogen) atoms. The van der Waals surface area contributed by atoms with Crippen molar-refractivity contribution in [2.24, 2.45) is 0 Å². The van der Waals surface area contributed by atoms with Crippen molar-refractivity contribution in [3.63, 3.8) is 0 Å². The predicted molar refractivity (Wildman–Crippen MR) is 86.7 cm³/mol. The zero-order valence-electron chi connectivity index (χ0n) is 12.0. The monoisotopic (exact) mass is 288 g/mol. The fourth-order valence-electron chi connectivity index (χ4n) is 3.45. The van der Waals surface area contributed by atoms with E-state index in [1.54, 1.807) is 18.2 Å². The van der Waals surface area contributed by atoms with Crippen LogP contribution < -0.4 is 0 Å². The van der Waals surface area contributed by atoms with Gasteiger partial charge in [-0.05, 0) is 28.3 Å². The van der Waals surface area contributed by atoms with Crippen molar-refractivity contribution in [1.82, 2.24) is 0 Å². The molecule has 108 valence electrons. The molecule has 0 radical (unpaired) electrons. The number of rotatable bonds is 1. The van der Waals surface area contributed by atoms with Gasteiger partial charge in [0, 0.05) is 12.0 Å². The first-order chi connectivity index (χ1) is 10.7. The van der Waals surface area contributed by atoms with Gasteiger partial charge < -0.3 is 10.2 Å². The summed E-state index contributed by atoms with van der Waals surface area (Å²) in [6, 6.07) is 23.0. The Hall–Kier alpha value is -2.58.